The molecule has 0 atom stereocenters. The van der Waals surface area contributed by atoms with Gasteiger partial charge in [-0.1, -0.05) is 22.9 Å². The zero-order valence-corrected chi connectivity index (χ0v) is 13.2. The van der Waals surface area contributed by atoms with Gasteiger partial charge in [0.2, 0.25) is 0 Å². The van der Waals surface area contributed by atoms with E-state index < -0.39 is 14.9 Å². The molecule has 8 nitrogen and oxygen atoms in total. The summed E-state index contributed by atoms with van der Waals surface area (Å²) in [6, 6.07) is 4.05. The molecule has 1 aromatic heterocycles. The van der Waals surface area contributed by atoms with Gasteiger partial charge in [0, 0.05) is 17.0 Å². The van der Waals surface area contributed by atoms with Gasteiger partial charge < -0.3 is 4.98 Å². The van der Waals surface area contributed by atoms with Gasteiger partial charge in [0.25, 0.3) is 15.7 Å². The van der Waals surface area contributed by atoms with Gasteiger partial charge in [-0.25, -0.2) is 4.98 Å². The van der Waals surface area contributed by atoms with E-state index in [2.05, 4.69) is 30.6 Å². The van der Waals surface area contributed by atoms with Crippen LogP contribution >= 0.6 is 15.9 Å². The lowest BCUT2D eigenvalue weighted by atomic mass is 10.3. The van der Waals surface area contributed by atoms with Crippen molar-refractivity contribution in [2.24, 2.45) is 0 Å². The van der Waals surface area contributed by atoms with Crippen molar-refractivity contribution in [3.8, 4) is 0 Å². The van der Waals surface area contributed by atoms with Crippen molar-refractivity contribution in [3.05, 3.63) is 44.8 Å². The highest BCUT2D eigenvalue weighted by Crippen LogP contribution is 2.29. The third-order valence-electron chi connectivity index (χ3n) is 2.63. The van der Waals surface area contributed by atoms with Crippen LogP contribution in [0.3, 0.4) is 0 Å². The molecule has 0 bridgehead atoms. The number of aromatic amines is 1. The Hall–Kier alpha value is -1.94. The summed E-state index contributed by atoms with van der Waals surface area (Å²) >= 11 is 3.10. The number of nitrogens with one attached hydrogen (secondary N) is 2. The number of nitrogens with zero attached hydrogens (tertiary/aromatic N) is 2. The minimum absolute atomic E-state index is 0.115. The second-order valence-corrected chi connectivity index (χ2v) is 6.64. The number of halogens is 1. The molecule has 1 heterocycles. The third kappa shape index (κ3) is 3.39. The van der Waals surface area contributed by atoms with Crippen LogP contribution in [0, 0.1) is 10.1 Å². The average molecular weight is 375 g/mol. The molecule has 0 saturated carbocycles. The quantitative estimate of drug-likeness (QED) is 0.615. The van der Waals surface area contributed by atoms with Crippen molar-refractivity contribution in [1.82, 2.24) is 9.97 Å². The lowest BCUT2D eigenvalue weighted by Gasteiger charge is -2.07. The number of nitro benzene ring substituents is 1. The highest BCUT2D eigenvalue weighted by molar-refractivity contribution is 9.10. The first kappa shape index (κ1) is 15.4. The lowest BCUT2D eigenvalue weighted by molar-refractivity contribution is -0.384. The van der Waals surface area contributed by atoms with Gasteiger partial charge in [-0.3, -0.25) is 14.8 Å². The monoisotopic (exact) mass is 374 g/mol. The third-order valence-corrected chi connectivity index (χ3v) is 4.40. The van der Waals surface area contributed by atoms with E-state index in [1.165, 1.54) is 24.4 Å². The van der Waals surface area contributed by atoms with Crippen LogP contribution in [0.25, 0.3) is 0 Å². The summed E-state index contributed by atoms with van der Waals surface area (Å²) in [5.41, 5.74) is -0.459. The molecule has 0 unspecified atom stereocenters. The summed E-state index contributed by atoms with van der Waals surface area (Å²) in [5.74, 6) is 0.515. The molecule has 0 aliphatic carbocycles. The minimum atomic E-state index is -3.96. The summed E-state index contributed by atoms with van der Waals surface area (Å²) in [5, 5.41) is 10.8. The molecule has 10 heteroatoms. The number of sulfonamides is 1. The summed E-state index contributed by atoms with van der Waals surface area (Å²) in [7, 11) is -3.96. The van der Waals surface area contributed by atoms with Crippen LogP contribution in [0.15, 0.2) is 33.9 Å². The van der Waals surface area contributed by atoms with E-state index in [0.717, 1.165) is 0 Å². The number of benzene rings is 1. The van der Waals surface area contributed by atoms with Crippen LogP contribution in [-0.2, 0) is 16.4 Å². The summed E-state index contributed by atoms with van der Waals surface area (Å²) in [4.78, 5) is 16.9. The van der Waals surface area contributed by atoms with E-state index in [9.17, 15) is 18.5 Å². The molecule has 0 fully saturated rings. The summed E-state index contributed by atoms with van der Waals surface area (Å²) in [6.45, 7) is 1.82. The number of nitro groups is 1. The molecular formula is C11H11BrN4O4S. The highest BCUT2D eigenvalue weighted by atomic mass is 79.9. The van der Waals surface area contributed by atoms with Crippen molar-refractivity contribution in [3.63, 3.8) is 0 Å². The van der Waals surface area contributed by atoms with E-state index in [0.29, 0.717) is 16.7 Å². The van der Waals surface area contributed by atoms with Crippen molar-refractivity contribution in [2.45, 2.75) is 18.4 Å². The Labute approximate surface area is 128 Å². The highest BCUT2D eigenvalue weighted by Gasteiger charge is 2.22. The van der Waals surface area contributed by atoms with E-state index in [-0.39, 0.29) is 16.4 Å². The van der Waals surface area contributed by atoms with Gasteiger partial charge in [-0.05, 0) is 12.1 Å². The maximum atomic E-state index is 12.2. The Kier molecular flexibility index (Phi) is 4.28. The molecule has 0 aliphatic heterocycles. The maximum absolute atomic E-state index is 12.2. The van der Waals surface area contributed by atoms with Crippen LogP contribution < -0.4 is 4.72 Å². The fourth-order valence-corrected chi connectivity index (χ4v) is 2.97. The van der Waals surface area contributed by atoms with Crippen LogP contribution in [-0.4, -0.2) is 23.3 Å². The van der Waals surface area contributed by atoms with Gasteiger partial charge >= 0.3 is 0 Å². The number of hydrogen-bond donors (Lipinski definition) is 2. The van der Waals surface area contributed by atoms with E-state index in [4.69, 9.17) is 0 Å². The average Bonchev–Trinajstić information content (AvgIpc) is 2.90. The molecule has 2 rings (SSSR count). The van der Waals surface area contributed by atoms with Crippen molar-refractivity contribution in [1.29, 1.82) is 0 Å². The first-order valence-corrected chi connectivity index (χ1v) is 8.11. The standard InChI is InChI=1S/C11H11BrN4O4S/c1-2-10-13-6-11(14-10)21(19,20)15-8-4-3-7(12)5-9(8)16(17)18/h3-6,15H,2H2,1H3,(H,13,14). The van der Waals surface area contributed by atoms with Crippen LogP contribution in [0.4, 0.5) is 11.4 Å². The van der Waals surface area contributed by atoms with Gasteiger partial charge in [0.1, 0.15) is 11.5 Å². The number of aromatic nitrogens is 2. The second kappa shape index (κ2) is 5.82. The molecule has 0 saturated heterocycles. The molecular weight excluding hydrogens is 364 g/mol. The van der Waals surface area contributed by atoms with Gasteiger partial charge in [0.05, 0.1) is 11.1 Å². The molecule has 0 aliphatic rings. The van der Waals surface area contributed by atoms with Crippen LogP contribution in [0.1, 0.15) is 12.7 Å². The van der Waals surface area contributed by atoms with E-state index in [1.807, 2.05) is 6.92 Å². The zero-order valence-electron chi connectivity index (χ0n) is 10.8. The molecule has 0 amide bonds. The number of imidazole rings is 1. The lowest BCUT2D eigenvalue weighted by Crippen LogP contribution is -2.14. The van der Waals surface area contributed by atoms with E-state index in [1.54, 1.807) is 0 Å². The molecule has 112 valence electrons. The van der Waals surface area contributed by atoms with Gasteiger partial charge in [0.15, 0.2) is 5.03 Å². The first-order valence-electron chi connectivity index (χ1n) is 5.84. The van der Waals surface area contributed by atoms with E-state index >= 15 is 0 Å². The normalized spacial score (nSPS) is 11.3. The number of anilines is 1. The zero-order chi connectivity index (χ0) is 15.6. The van der Waals surface area contributed by atoms with Crippen molar-refractivity contribution < 1.29 is 13.3 Å². The Morgan fingerprint density at radius 3 is 2.76 bits per heavy atom. The Morgan fingerprint density at radius 1 is 1.48 bits per heavy atom. The van der Waals surface area contributed by atoms with Crippen LogP contribution in [0.2, 0.25) is 0 Å². The minimum Gasteiger partial charge on any atom is -0.332 e. The molecule has 0 spiro atoms. The Balaban J connectivity index is 2.39. The number of rotatable bonds is 5. The fraction of sp³-hybridized carbons (Fsp3) is 0.182. The maximum Gasteiger partial charge on any atom is 0.294 e. The molecule has 2 N–H and O–H groups in total. The number of hydrogen-bond acceptors (Lipinski definition) is 5. The van der Waals surface area contributed by atoms with Crippen molar-refractivity contribution in [2.75, 3.05) is 4.72 Å². The van der Waals surface area contributed by atoms with Gasteiger partial charge in [-0.2, -0.15) is 8.42 Å². The Bertz CT molecular complexity index is 787. The summed E-state index contributed by atoms with van der Waals surface area (Å²) in [6.07, 6.45) is 1.72. The predicted octanol–water partition coefficient (Wildman–Crippen LogP) is 2.44. The Morgan fingerprint density at radius 2 is 2.19 bits per heavy atom. The van der Waals surface area contributed by atoms with Gasteiger partial charge in [-0.15, -0.1) is 0 Å². The number of aryl methyl sites for hydroxylation is 1. The van der Waals surface area contributed by atoms with Crippen LogP contribution in [0.5, 0.6) is 0 Å². The molecule has 1 aromatic carbocycles. The molecule has 2 aromatic rings. The SMILES string of the molecule is CCc1ncc(S(=O)(=O)Nc2ccc(Br)cc2[N+](=O)[O-])[nH]1. The predicted molar refractivity (Wildman–Crippen MR) is 79.6 cm³/mol. The molecule has 0 radical (unpaired) electrons. The molecule has 21 heavy (non-hydrogen) atoms. The topological polar surface area (TPSA) is 118 Å². The smallest absolute Gasteiger partial charge is 0.294 e. The number of H-pyrrole nitrogens is 1. The summed E-state index contributed by atoms with van der Waals surface area (Å²) < 4.78 is 27.0. The first-order chi connectivity index (χ1) is 9.83. The van der Waals surface area contributed by atoms with Crippen molar-refractivity contribution >= 4 is 37.3 Å². The second-order valence-electron chi connectivity index (χ2n) is 4.07. The largest absolute Gasteiger partial charge is 0.332 e. The fourth-order valence-electron chi connectivity index (χ4n) is 1.60.